The third-order valence-corrected chi connectivity index (χ3v) is 3.01. The van der Waals surface area contributed by atoms with Gasteiger partial charge in [0, 0.05) is 19.6 Å². The number of nitrogens with two attached hydrogens (primary N) is 1. The number of carbonyl (C=O) groups excluding carboxylic acids is 1. The van der Waals surface area contributed by atoms with Crippen LogP contribution < -0.4 is 5.73 Å². The summed E-state index contributed by atoms with van der Waals surface area (Å²) in [6, 6.07) is 0. The van der Waals surface area contributed by atoms with Crippen LogP contribution >= 0.6 is 0 Å². The molecule has 0 aromatic rings. The van der Waals surface area contributed by atoms with Gasteiger partial charge >= 0.3 is 5.97 Å². The quantitative estimate of drug-likeness (QED) is 0.673. The van der Waals surface area contributed by atoms with Gasteiger partial charge in [-0.2, -0.15) is 0 Å². The lowest BCUT2D eigenvalue weighted by molar-refractivity contribution is -0.142. The highest BCUT2D eigenvalue weighted by Crippen LogP contribution is 2.22. The van der Waals surface area contributed by atoms with Gasteiger partial charge in [0.25, 0.3) is 0 Å². The average molecular weight is 230 g/mol. The molecule has 0 aliphatic heterocycles. The Balaban J connectivity index is 4.57. The van der Waals surface area contributed by atoms with Crippen molar-refractivity contribution >= 4 is 11.9 Å². The minimum atomic E-state index is -0.891. The van der Waals surface area contributed by atoms with Crippen molar-refractivity contribution in [3.63, 3.8) is 0 Å². The van der Waals surface area contributed by atoms with E-state index in [1.54, 1.807) is 4.90 Å². The van der Waals surface area contributed by atoms with Crippen LogP contribution in [0.4, 0.5) is 0 Å². The molecule has 3 N–H and O–H groups in total. The molecule has 0 spiro atoms. The van der Waals surface area contributed by atoms with Gasteiger partial charge in [0.1, 0.15) is 0 Å². The maximum Gasteiger partial charge on any atom is 0.305 e. The Labute approximate surface area is 96.6 Å². The third kappa shape index (κ3) is 3.81. The summed E-state index contributed by atoms with van der Waals surface area (Å²) in [7, 11) is 0. The van der Waals surface area contributed by atoms with E-state index in [2.05, 4.69) is 0 Å². The van der Waals surface area contributed by atoms with Crippen LogP contribution in [0.2, 0.25) is 0 Å². The van der Waals surface area contributed by atoms with Gasteiger partial charge in [-0.05, 0) is 20.3 Å². The molecule has 0 aromatic heterocycles. The van der Waals surface area contributed by atoms with Crippen LogP contribution in [-0.4, -0.2) is 41.5 Å². The van der Waals surface area contributed by atoms with E-state index in [1.165, 1.54) is 0 Å². The predicted octanol–water partition coefficient (Wildman–Crippen LogP) is 0.685. The van der Waals surface area contributed by atoms with Crippen molar-refractivity contribution in [2.45, 2.75) is 33.6 Å². The van der Waals surface area contributed by atoms with E-state index in [4.69, 9.17) is 10.8 Å². The zero-order valence-corrected chi connectivity index (χ0v) is 10.3. The van der Waals surface area contributed by atoms with Crippen molar-refractivity contribution in [2.75, 3.05) is 19.6 Å². The topological polar surface area (TPSA) is 83.6 Å². The average Bonchev–Trinajstić information content (AvgIpc) is 2.28. The number of aliphatic carboxylic acids is 1. The summed E-state index contributed by atoms with van der Waals surface area (Å²) in [5.41, 5.74) is 5.03. The molecule has 0 rings (SSSR count). The van der Waals surface area contributed by atoms with Gasteiger partial charge in [-0.3, -0.25) is 9.59 Å². The number of rotatable bonds is 7. The number of nitrogens with zero attached hydrogens (tertiary/aromatic N) is 1. The van der Waals surface area contributed by atoms with Crippen LogP contribution in [0.25, 0.3) is 0 Å². The highest BCUT2D eigenvalue weighted by molar-refractivity contribution is 5.83. The van der Waals surface area contributed by atoms with Crippen molar-refractivity contribution in [1.82, 2.24) is 4.90 Å². The Kier molecular flexibility index (Phi) is 6.03. The normalized spacial score (nSPS) is 14.2. The van der Waals surface area contributed by atoms with Gasteiger partial charge in [-0.15, -0.1) is 0 Å². The van der Waals surface area contributed by atoms with Crippen LogP contribution in [0.15, 0.2) is 0 Å². The fourth-order valence-electron chi connectivity index (χ4n) is 1.40. The van der Waals surface area contributed by atoms with Crippen molar-refractivity contribution in [3.8, 4) is 0 Å². The highest BCUT2D eigenvalue weighted by Gasteiger charge is 2.33. The molecule has 1 atom stereocenters. The predicted molar refractivity (Wildman–Crippen MR) is 62.0 cm³/mol. The molecule has 0 heterocycles. The summed E-state index contributed by atoms with van der Waals surface area (Å²) in [6.45, 7) is 6.62. The minimum absolute atomic E-state index is 0.0239. The first-order valence-corrected chi connectivity index (χ1v) is 5.62. The zero-order valence-electron chi connectivity index (χ0n) is 10.3. The Morgan fingerprint density at radius 2 is 1.94 bits per heavy atom. The van der Waals surface area contributed by atoms with Gasteiger partial charge in [-0.25, -0.2) is 0 Å². The first-order valence-electron chi connectivity index (χ1n) is 5.62. The molecule has 0 saturated carbocycles. The SMILES string of the molecule is CCN(CCC(=O)O)C(=O)C(C)(CC)CN. The minimum Gasteiger partial charge on any atom is -0.481 e. The standard InChI is InChI=1S/C11H22N2O3/c1-4-11(3,8-12)10(16)13(5-2)7-6-9(14)15/h4-8,12H2,1-3H3,(H,14,15). The molecule has 0 radical (unpaired) electrons. The second-order valence-corrected chi connectivity index (χ2v) is 4.15. The first kappa shape index (κ1) is 14.9. The van der Waals surface area contributed by atoms with Crippen molar-refractivity contribution in [3.05, 3.63) is 0 Å². The summed E-state index contributed by atoms with van der Waals surface area (Å²) < 4.78 is 0. The van der Waals surface area contributed by atoms with Crippen LogP contribution in [0.1, 0.15) is 33.6 Å². The van der Waals surface area contributed by atoms with Crippen LogP contribution in [0.3, 0.4) is 0 Å². The molecule has 5 heteroatoms. The van der Waals surface area contributed by atoms with Crippen LogP contribution in [0, 0.1) is 5.41 Å². The molecule has 5 nitrogen and oxygen atoms in total. The Morgan fingerprint density at radius 3 is 2.25 bits per heavy atom. The van der Waals surface area contributed by atoms with Crippen molar-refractivity contribution < 1.29 is 14.7 Å². The summed E-state index contributed by atoms with van der Waals surface area (Å²) in [4.78, 5) is 24.2. The number of hydrogen-bond acceptors (Lipinski definition) is 3. The molecule has 1 amide bonds. The molecule has 0 aromatic carbocycles. The van der Waals surface area contributed by atoms with Gasteiger partial charge < -0.3 is 15.7 Å². The monoisotopic (exact) mass is 230 g/mol. The molecular weight excluding hydrogens is 208 g/mol. The molecule has 0 fully saturated rings. The van der Waals surface area contributed by atoms with E-state index in [0.29, 0.717) is 13.0 Å². The molecule has 0 aliphatic carbocycles. The zero-order chi connectivity index (χ0) is 12.8. The lowest BCUT2D eigenvalue weighted by Crippen LogP contribution is -2.46. The molecule has 0 saturated heterocycles. The summed E-state index contributed by atoms with van der Waals surface area (Å²) in [6.07, 6.45) is 0.635. The molecule has 1 unspecified atom stereocenters. The fourth-order valence-corrected chi connectivity index (χ4v) is 1.40. The van der Waals surface area contributed by atoms with Gasteiger partial charge in [0.15, 0.2) is 0 Å². The second-order valence-electron chi connectivity index (χ2n) is 4.15. The number of carboxylic acid groups (broad SMARTS) is 1. The Hall–Kier alpha value is -1.10. The van der Waals surface area contributed by atoms with Gasteiger partial charge in [0.05, 0.1) is 11.8 Å². The summed E-state index contributed by atoms with van der Waals surface area (Å²) in [5, 5.41) is 8.59. The molecule has 16 heavy (non-hydrogen) atoms. The van der Waals surface area contributed by atoms with Crippen LogP contribution in [0.5, 0.6) is 0 Å². The maximum absolute atomic E-state index is 12.1. The number of hydrogen-bond donors (Lipinski definition) is 2. The van der Waals surface area contributed by atoms with Crippen LogP contribution in [-0.2, 0) is 9.59 Å². The lowest BCUT2D eigenvalue weighted by atomic mass is 9.86. The van der Waals surface area contributed by atoms with E-state index in [9.17, 15) is 9.59 Å². The van der Waals surface area contributed by atoms with Gasteiger partial charge in [-0.1, -0.05) is 6.92 Å². The number of carboxylic acids is 1. The van der Waals surface area contributed by atoms with E-state index >= 15 is 0 Å². The number of amides is 1. The molecular formula is C11H22N2O3. The summed E-state index contributed by atoms with van der Waals surface area (Å²) in [5.74, 6) is -0.946. The van der Waals surface area contributed by atoms with Gasteiger partial charge in [0.2, 0.25) is 5.91 Å². The Bertz CT molecular complexity index is 250. The second kappa shape index (κ2) is 6.48. The first-order chi connectivity index (χ1) is 7.41. The largest absolute Gasteiger partial charge is 0.481 e. The lowest BCUT2D eigenvalue weighted by Gasteiger charge is -2.32. The van der Waals surface area contributed by atoms with E-state index in [1.807, 2.05) is 20.8 Å². The van der Waals surface area contributed by atoms with Crippen molar-refractivity contribution in [1.29, 1.82) is 0 Å². The summed E-state index contributed by atoms with van der Waals surface area (Å²) >= 11 is 0. The molecule has 0 bridgehead atoms. The Morgan fingerprint density at radius 1 is 1.38 bits per heavy atom. The van der Waals surface area contributed by atoms with E-state index in [0.717, 1.165) is 0 Å². The van der Waals surface area contributed by atoms with E-state index < -0.39 is 11.4 Å². The fraction of sp³-hybridized carbons (Fsp3) is 0.818. The smallest absolute Gasteiger partial charge is 0.305 e. The number of carbonyl (C=O) groups is 2. The third-order valence-electron chi connectivity index (χ3n) is 3.01. The molecule has 0 aliphatic rings. The maximum atomic E-state index is 12.1. The molecule has 94 valence electrons. The highest BCUT2D eigenvalue weighted by atomic mass is 16.4. The van der Waals surface area contributed by atoms with Crippen molar-refractivity contribution in [2.24, 2.45) is 11.1 Å². The van der Waals surface area contributed by atoms with E-state index in [-0.39, 0.29) is 25.4 Å².